The molecule has 9 heteroatoms. The fourth-order valence-corrected chi connectivity index (χ4v) is 3.48. The molecular formula is C19H19N3O5S. The minimum Gasteiger partial charge on any atom is -0.508 e. The zero-order chi connectivity index (χ0) is 20.6. The Labute approximate surface area is 161 Å². The molecular weight excluding hydrogens is 382 g/mol. The third-order valence-electron chi connectivity index (χ3n) is 4.47. The summed E-state index contributed by atoms with van der Waals surface area (Å²) in [5, 5.41) is 29.0. The summed E-state index contributed by atoms with van der Waals surface area (Å²) in [4.78, 5) is 12.6. The summed E-state index contributed by atoms with van der Waals surface area (Å²) in [7, 11) is -3.79. The fourth-order valence-electron chi connectivity index (χ4n) is 2.96. The van der Waals surface area contributed by atoms with Gasteiger partial charge in [0.05, 0.1) is 21.8 Å². The summed E-state index contributed by atoms with van der Waals surface area (Å²) in [6.07, 6.45) is -0.00998. The second kappa shape index (κ2) is 7.10. The van der Waals surface area contributed by atoms with E-state index < -0.39 is 10.0 Å². The van der Waals surface area contributed by atoms with Crippen molar-refractivity contribution in [3.05, 3.63) is 65.0 Å². The van der Waals surface area contributed by atoms with Crippen molar-refractivity contribution >= 4 is 15.8 Å². The van der Waals surface area contributed by atoms with Gasteiger partial charge in [0.25, 0.3) is 0 Å². The Morgan fingerprint density at radius 3 is 2.36 bits per heavy atom. The van der Waals surface area contributed by atoms with Gasteiger partial charge in [-0.05, 0) is 56.3 Å². The molecule has 3 aromatic rings. The maximum Gasteiger partial charge on any atom is 0.238 e. The molecule has 3 rings (SSSR count). The number of benzene rings is 2. The smallest absolute Gasteiger partial charge is 0.238 e. The predicted molar refractivity (Wildman–Crippen MR) is 102 cm³/mol. The molecule has 0 aliphatic carbocycles. The van der Waals surface area contributed by atoms with Gasteiger partial charge in [-0.15, -0.1) is 0 Å². The lowest BCUT2D eigenvalue weighted by molar-refractivity contribution is 0.0989. The number of hydrogen-bond donors (Lipinski definition) is 3. The molecule has 1 aromatic heterocycles. The van der Waals surface area contributed by atoms with Crippen LogP contribution in [0.15, 0.2) is 47.4 Å². The molecule has 0 spiro atoms. The van der Waals surface area contributed by atoms with Gasteiger partial charge in [-0.1, -0.05) is 0 Å². The van der Waals surface area contributed by atoms with Crippen molar-refractivity contribution in [3.63, 3.8) is 0 Å². The van der Waals surface area contributed by atoms with Crippen LogP contribution in [0.25, 0.3) is 5.69 Å². The number of aromatic nitrogens is 2. The van der Waals surface area contributed by atoms with Crippen molar-refractivity contribution in [2.24, 2.45) is 5.14 Å². The molecule has 8 nitrogen and oxygen atoms in total. The Morgan fingerprint density at radius 2 is 1.75 bits per heavy atom. The molecule has 146 valence electrons. The lowest BCUT2D eigenvalue weighted by Crippen LogP contribution is -2.12. The number of ketones is 1. The summed E-state index contributed by atoms with van der Waals surface area (Å²) in [6.45, 7) is 3.55. The van der Waals surface area contributed by atoms with E-state index >= 15 is 0 Å². The highest BCUT2D eigenvalue weighted by molar-refractivity contribution is 7.89. The first kappa shape index (κ1) is 19.6. The average molecular weight is 401 g/mol. The van der Waals surface area contributed by atoms with Crippen LogP contribution in [0, 0.1) is 13.8 Å². The molecule has 28 heavy (non-hydrogen) atoms. The van der Waals surface area contributed by atoms with Crippen LogP contribution in [0.2, 0.25) is 0 Å². The van der Waals surface area contributed by atoms with Gasteiger partial charge in [0.15, 0.2) is 5.78 Å². The van der Waals surface area contributed by atoms with Gasteiger partial charge in [-0.25, -0.2) is 18.2 Å². The van der Waals surface area contributed by atoms with Crippen LogP contribution < -0.4 is 5.14 Å². The number of rotatable bonds is 5. The first-order chi connectivity index (χ1) is 13.1. The number of phenols is 2. The molecule has 2 aromatic carbocycles. The number of Topliss-reactive ketones (excluding diaryl/α,β-unsaturated/α-hetero) is 1. The molecule has 0 fully saturated rings. The van der Waals surface area contributed by atoms with Crippen LogP contribution in [0.1, 0.15) is 27.3 Å². The van der Waals surface area contributed by atoms with Crippen molar-refractivity contribution in [3.8, 4) is 17.2 Å². The quantitative estimate of drug-likeness (QED) is 0.442. The zero-order valence-corrected chi connectivity index (χ0v) is 16.1. The molecule has 0 amide bonds. The lowest BCUT2D eigenvalue weighted by Gasteiger charge is -2.07. The van der Waals surface area contributed by atoms with E-state index in [-0.39, 0.29) is 34.2 Å². The molecule has 4 N–H and O–H groups in total. The van der Waals surface area contributed by atoms with E-state index in [1.54, 1.807) is 30.7 Å². The molecule has 0 saturated carbocycles. The van der Waals surface area contributed by atoms with Crippen molar-refractivity contribution in [1.82, 2.24) is 9.78 Å². The average Bonchev–Trinajstić information content (AvgIpc) is 2.91. The van der Waals surface area contributed by atoms with E-state index in [9.17, 15) is 23.4 Å². The van der Waals surface area contributed by atoms with E-state index in [0.717, 1.165) is 0 Å². The van der Waals surface area contributed by atoms with Gasteiger partial charge in [0.2, 0.25) is 10.0 Å². The van der Waals surface area contributed by atoms with E-state index in [1.165, 1.54) is 30.3 Å². The van der Waals surface area contributed by atoms with Gasteiger partial charge < -0.3 is 10.2 Å². The van der Waals surface area contributed by atoms with Gasteiger partial charge >= 0.3 is 0 Å². The Morgan fingerprint density at radius 1 is 1.11 bits per heavy atom. The minimum absolute atomic E-state index is 0.00690. The number of primary sulfonamides is 1. The van der Waals surface area contributed by atoms with Crippen molar-refractivity contribution in [1.29, 1.82) is 0 Å². The van der Waals surface area contributed by atoms with Gasteiger partial charge in [-0.3, -0.25) is 4.79 Å². The predicted octanol–water partition coefficient (Wildman–Crippen LogP) is 1.97. The number of nitrogens with two attached hydrogens (primary N) is 1. The summed E-state index contributed by atoms with van der Waals surface area (Å²) in [6, 6.07) is 9.70. The topological polar surface area (TPSA) is 136 Å². The maximum atomic E-state index is 12.6. The van der Waals surface area contributed by atoms with E-state index in [2.05, 4.69) is 5.10 Å². The monoisotopic (exact) mass is 401 g/mol. The van der Waals surface area contributed by atoms with E-state index in [0.29, 0.717) is 22.6 Å². The van der Waals surface area contributed by atoms with Crippen LogP contribution in [0.5, 0.6) is 11.5 Å². The highest BCUT2D eigenvalue weighted by atomic mass is 32.2. The van der Waals surface area contributed by atoms with Gasteiger partial charge in [0, 0.05) is 17.7 Å². The SMILES string of the molecule is Cc1nn(-c2ccc(S(N)(=O)=O)cc2)c(C)c1CC(=O)c1cc(O)ccc1O. The maximum absolute atomic E-state index is 12.6. The second-order valence-corrected chi connectivity index (χ2v) is 7.96. The molecule has 0 saturated heterocycles. The number of carbonyl (C=O) groups excluding carboxylic acids is 1. The number of aromatic hydroxyl groups is 2. The second-order valence-electron chi connectivity index (χ2n) is 6.40. The summed E-state index contributed by atoms with van der Waals surface area (Å²) < 4.78 is 24.4. The molecule has 0 atom stereocenters. The van der Waals surface area contributed by atoms with Crippen LogP contribution in [0.3, 0.4) is 0 Å². The van der Waals surface area contributed by atoms with Crippen molar-refractivity contribution in [2.45, 2.75) is 25.2 Å². The molecule has 0 aliphatic heterocycles. The Balaban J connectivity index is 1.94. The minimum atomic E-state index is -3.79. The van der Waals surface area contributed by atoms with Crippen molar-refractivity contribution < 1.29 is 23.4 Å². The highest BCUT2D eigenvalue weighted by Crippen LogP contribution is 2.26. The van der Waals surface area contributed by atoms with Gasteiger partial charge in [-0.2, -0.15) is 5.10 Å². The fraction of sp³-hybridized carbons (Fsp3) is 0.158. The van der Waals surface area contributed by atoms with Crippen molar-refractivity contribution in [2.75, 3.05) is 0 Å². The van der Waals surface area contributed by atoms with Gasteiger partial charge in [0.1, 0.15) is 11.5 Å². The molecule has 0 radical (unpaired) electrons. The molecule has 0 bridgehead atoms. The standard InChI is InChI=1S/C19H19N3O5S/c1-11-16(10-19(25)17-9-14(23)5-8-18(17)24)12(2)22(21-11)13-3-6-15(7-4-13)28(20,26)27/h3-9,23-24H,10H2,1-2H3,(H2,20,26,27). The highest BCUT2D eigenvalue weighted by Gasteiger charge is 2.19. The zero-order valence-electron chi connectivity index (χ0n) is 15.2. The Hall–Kier alpha value is -3.17. The summed E-state index contributed by atoms with van der Waals surface area (Å²) >= 11 is 0. The third-order valence-corrected chi connectivity index (χ3v) is 5.40. The van der Waals surface area contributed by atoms with E-state index in [4.69, 9.17) is 5.14 Å². The number of nitrogens with zero attached hydrogens (tertiary/aromatic N) is 2. The van der Waals surface area contributed by atoms with Crippen LogP contribution in [0.4, 0.5) is 0 Å². The summed E-state index contributed by atoms with van der Waals surface area (Å²) in [5.41, 5.74) is 2.66. The first-order valence-electron chi connectivity index (χ1n) is 8.31. The molecule has 0 aliphatic rings. The van der Waals surface area contributed by atoms with E-state index in [1.807, 2.05) is 0 Å². The number of phenolic OH excluding ortho intramolecular Hbond substituents is 2. The number of carbonyl (C=O) groups is 1. The lowest BCUT2D eigenvalue weighted by atomic mass is 10.0. The molecule has 1 heterocycles. The normalized spacial score (nSPS) is 11.5. The Kier molecular flexibility index (Phi) is 4.97. The number of aryl methyl sites for hydroxylation is 1. The number of hydrogen-bond acceptors (Lipinski definition) is 6. The third kappa shape index (κ3) is 3.75. The number of sulfonamides is 1. The largest absolute Gasteiger partial charge is 0.508 e. The first-order valence-corrected chi connectivity index (χ1v) is 9.86. The van der Waals surface area contributed by atoms with Crippen LogP contribution in [-0.4, -0.2) is 34.2 Å². The molecule has 0 unspecified atom stereocenters. The van der Waals surface area contributed by atoms with Crippen LogP contribution in [-0.2, 0) is 16.4 Å². The summed E-state index contributed by atoms with van der Waals surface area (Å²) in [5.74, 6) is -0.673. The Bertz CT molecular complexity index is 1170. The van der Waals surface area contributed by atoms with Crippen LogP contribution >= 0.6 is 0 Å².